The Morgan fingerprint density at radius 1 is 0.810 bits per heavy atom. The molecule has 0 bridgehead atoms. The molecule has 0 saturated carbocycles. The van der Waals surface area contributed by atoms with Crippen molar-refractivity contribution in [1.29, 1.82) is 0 Å². The van der Waals surface area contributed by atoms with E-state index in [-0.39, 0.29) is 12.0 Å². The SMILES string of the molecule is OC(C1CCOCC1)C(c1ccccc1)c1ccccc1. The second-order valence-corrected chi connectivity index (χ2v) is 5.74. The Hall–Kier alpha value is -1.64. The van der Waals surface area contributed by atoms with Crippen molar-refractivity contribution in [3.05, 3.63) is 71.8 Å². The van der Waals surface area contributed by atoms with Crippen molar-refractivity contribution in [3.8, 4) is 0 Å². The van der Waals surface area contributed by atoms with Crippen LogP contribution in [0.25, 0.3) is 0 Å². The van der Waals surface area contributed by atoms with Crippen LogP contribution >= 0.6 is 0 Å². The van der Waals surface area contributed by atoms with Crippen LogP contribution < -0.4 is 0 Å². The minimum atomic E-state index is -0.362. The molecule has 1 unspecified atom stereocenters. The maximum Gasteiger partial charge on any atom is 0.0679 e. The summed E-state index contributed by atoms with van der Waals surface area (Å²) in [6.07, 6.45) is 1.52. The van der Waals surface area contributed by atoms with Gasteiger partial charge in [0.25, 0.3) is 0 Å². The summed E-state index contributed by atoms with van der Waals surface area (Å²) in [5, 5.41) is 11.0. The zero-order chi connectivity index (χ0) is 14.5. The zero-order valence-corrected chi connectivity index (χ0v) is 12.2. The van der Waals surface area contributed by atoms with Crippen molar-refractivity contribution in [1.82, 2.24) is 0 Å². The molecule has 1 N–H and O–H groups in total. The molecule has 3 rings (SSSR count). The van der Waals surface area contributed by atoms with Gasteiger partial charge in [-0.05, 0) is 29.9 Å². The molecule has 1 saturated heterocycles. The van der Waals surface area contributed by atoms with Gasteiger partial charge in [-0.1, -0.05) is 60.7 Å². The van der Waals surface area contributed by atoms with Crippen LogP contribution in [-0.2, 0) is 4.74 Å². The third-order valence-corrected chi connectivity index (χ3v) is 4.41. The highest BCUT2D eigenvalue weighted by molar-refractivity contribution is 5.34. The van der Waals surface area contributed by atoms with E-state index in [1.54, 1.807) is 0 Å². The Kier molecular flexibility index (Phi) is 4.69. The molecule has 2 aromatic rings. The van der Waals surface area contributed by atoms with E-state index in [0.717, 1.165) is 26.1 Å². The maximum atomic E-state index is 11.0. The Morgan fingerprint density at radius 2 is 1.29 bits per heavy atom. The van der Waals surface area contributed by atoms with E-state index in [2.05, 4.69) is 24.3 Å². The molecule has 0 aromatic heterocycles. The first-order valence-corrected chi connectivity index (χ1v) is 7.72. The summed E-state index contributed by atoms with van der Waals surface area (Å²) in [4.78, 5) is 0. The molecule has 21 heavy (non-hydrogen) atoms. The molecule has 1 fully saturated rings. The summed E-state index contributed by atoms with van der Waals surface area (Å²) in [6, 6.07) is 20.7. The highest BCUT2D eigenvalue weighted by Crippen LogP contribution is 2.34. The zero-order valence-electron chi connectivity index (χ0n) is 12.2. The molecule has 1 aliphatic heterocycles. The second-order valence-electron chi connectivity index (χ2n) is 5.74. The topological polar surface area (TPSA) is 29.5 Å². The van der Waals surface area contributed by atoms with E-state index in [4.69, 9.17) is 4.74 Å². The molecular formula is C19H22O2. The van der Waals surface area contributed by atoms with Gasteiger partial charge in [0.2, 0.25) is 0 Å². The van der Waals surface area contributed by atoms with Crippen molar-refractivity contribution in [2.75, 3.05) is 13.2 Å². The Morgan fingerprint density at radius 3 is 1.76 bits per heavy atom. The molecule has 1 aliphatic rings. The van der Waals surface area contributed by atoms with Crippen LogP contribution in [0.1, 0.15) is 29.9 Å². The van der Waals surface area contributed by atoms with Crippen LogP contribution in [0.2, 0.25) is 0 Å². The lowest BCUT2D eigenvalue weighted by molar-refractivity contribution is 0.00189. The van der Waals surface area contributed by atoms with E-state index in [1.807, 2.05) is 36.4 Å². The lowest BCUT2D eigenvalue weighted by Crippen LogP contribution is -2.32. The summed E-state index contributed by atoms with van der Waals surface area (Å²) in [5.74, 6) is 0.347. The number of benzene rings is 2. The van der Waals surface area contributed by atoms with Gasteiger partial charge in [0.05, 0.1) is 6.10 Å². The van der Waals surface area contributed by atoms with Crippen LogP contribution in [0.3, 0.4) is 0 Å². The van der Waals surface area contributed by atoms with Crippen LogP contribution in [0, 0.1) is 5.92 Å². The van der Waals surface area contributed by atoms with Crippen LogP contribution in [0.4, 0.5) is 0 Å². The quantitative estimate of drug-likeness (QED) is 0.928. The highest BCUT2D eigenvalue weighted by atomic mass is 16.5. The Balaban J connectivity index is 1.92. The van der Waals surface area contributed by atoms with Gasteiger partial charge < -0.3 is 9.84 Å². The Bertz CT molecular complexity index is 493. The Labute approximate surface area is 126 Å². The van der Waals surface area contributed by atoms with Crippen LogP contribution in [0.15, 0.2) is 60.7 Å². The van der Waals surface area contributed by atoms with Crippen molar-refractivity contribution in [3.63, 3.8) is 0 Å². The summed E-state index contributed by atoms with van der Waals surface area (Å²) >= 11 is 0. The molecule has 0 amide bonds. The van der Waals surface area contributed by atoms with E-state index in [9.17, 15) is 5.11 Å². The lowest BCUT2D eigenvalue weighted by Gasteiger charge is -2.33. The average Bonchev–Trinajstić information content (AvgIpc) is 2.58. The number of hydrogen-bond acceptors (Lipinski definition) is 2. The number of hydrogen-bond donors (Lipinski definition) is 1. The molecule has 1 heterocycles. The smallest absolute Gasteiger partial charge is 0.0679 e. The molecule has 2 heteroatoms. The predicted octanol–water partition coefficient (Wildman–Crippen LogP) is 3.61. The third kappa shape index (κ3) is 3.34. The lowest BCUT2D eigenvalue weighted by atomic mass is 9.78. The van der Waals surface area contributed by atoms with Crippen molar-refractivity contribution in [2.45, 2.75) is 24.9 Å². The van der Waals surface area contributed by atoms with Gasteiger partial charge in [-0.15, -0.1) is 0 Å². The second kappa shape index (κ2) is 6.88. The van der Waals surface area contributed by atoms with Crippen LogP contribution in [-0.4, -0.2) is 24.4 Å². The third-order valence-electron chi connectivity index (χ3n) is 4.41. The maximum absolute atomic E-state index is 11.0. The first-order chi connectivity index (χ1) is 10.4. The molecule has 2 aromatic carbocycles. The van der Waals surface area contributed by atoms with Crippen molar-refractivity contribution in [2.24, 2.45) is 5.92 Å². The minimum absolute atomic E-state index is 0.0375. The fourth-order valence-corrected chi connectivity index (χ4v) is 3.24. The summed E-state index contributed by atoms with van der Waals surface area (Å²) < 4.78 is 5.43. The van der Waals surface area contributed by atoms with Gasteiger partial charge in [-0.2, -0.15) is 0 Å². The van der Waals surface area contributed by atoms with E-state index in [1.165, 1.54) is 11.1 Å². The average molecular weight is 282 g/mol. The van der Waals surface area contributed by atoms with Gasteiger partial charge >= 0.3 is 0 Å². The van der Waals surface area contributed by atoms with E-state index < -0.39 is 0 Å². The number of aliphatic hydroxyl groups is 1. The van der Waals surface area contributed by atoms with E-state index in [0.29, 0.717) is 5.92 Å². The molecule has 0 spiro atoms. The predicted molar refractivity (Wildman–Crippen MR) is 84.3 cm³/mol. The minimum Gasteiger partial charge on any atom is -0.392 e. The molecule has 0 radical (unpaired) electrons. The first kappa shape index (κ1) is 14.3. The summed E-state index contributed by atoms with van der Waals surface area (Å²) in [5.41, 5.74) is 2.37. The fourth-order valence-electron chi connectivity index (χ4n) is 3.24. The van der Waals surface area contributed by atoms with Gasteiger partial charge in [0.15, 0.2) is 0 Å². The van der Waals surface area contributed by atoms with Gasteiger partial charge in [0, 0.05) is 19.1 Å². The van der Waals surface area contributed by atoms with E-state index >= 15 is 0 Å². The van der Waals surface area contributed by atoms with Crippen molar-refractivity contribution < 1.29 is 9.84 Å². The van der Waals surface area contributed by atoms with Gasteiger partial charge in [-0.25, -0.2) is 0 Å². The fraction of sp³-hybridized carbons (Fsp3) is 0.368. The summed E-state index contributed by atoms with van der Waals surface area (Å²) in [6.45, 7) is 1.52. The molecule has 2 nitrogen and oxygen atoms in total. The number of ether oxygens (including phenoxy) is 1. The molecule has 0 aliphatic carbocycles. The van der Waals surface area contributed by atoms with Crippen molar-refractivity contribution >= 4 is 0 Å². The van der Waals surface area contributed by atoms with Gasteiger partial charge in [-0.3, -0.25) is 0 Å². The monoisotopic (exact) mass is 282 g/mol. The normalized spacial score (nSPS) is 17.8. The van der Waals surface area contributed by atoms with Gasteiger partial charge in [0.1, 0.15) is 0 Å². The largest absolute Gasteiger partial charge is 0.392 e. The molecular weight excluding hydrogens is 260 g/mol. The summed E-state index contributed by atoms with van der Waals surface area (Å²) in [7, 11) is 0. The highest BCUT2D eigenvalue weighted by Gasteiger charge is 2.31. The number of rotatable bonds is 4. The first-order valence-electron chi connectivity index (χ1n) is 7.72. The standard InChI is InChI=1S/C19H22O2/c20-19(17-11-13-21-14-12-17)18(15-7-3-1-4-8-15)16-9-5-2-6-10-16/h1-10,17-20H,11-14H2. The molecule has 110 valence electrons. The van der Waals surface area contributed by atoms with Crippen LogP contribution in [0.5, 0.6) is 0 Å². The number of aliphatic hydroxyl groups excluding tert-OH is 1. The molecule has 1 atom stereocenters.